The summed E-state index contributed by atoms with van der Waals surface area (Å²) in [7, 11) is 0. The Morgan fingerprint density at radius 1 is 1.18 bits per heavy atom. The van der Waals surface area contributed by atoms with Gasteiger partial charge in [0.1, 0.15) is 5.60 Å². The number of hydrogen-bond acceptors (Lipinski definition) is 3. The van der Waals surface area contributed by atoms with E-state index in [0.717, 1.165) is 13.0 Å². The van der Waals surface area contributed by atoms with Crippen molar-refractivity contribution >= 4 is 6.09 Å². The van der Waals surface area contributed by atoms with E-state index >= 15 is 0 Å². The van der Waals surface area contributed by atoms with Gasteiger partial charge in [0.2, 0.25) is 0 Å². The van der Waals surface area contributed by atoms with Gasteiger partial charge in [0, 0.05) is 18.6 Å². The third-order valence-electron chi connectivity index (χ3n) is 2.39. The molecule has 0 spiro atoms. The normalized spacial score (nSPS) is 24.4. The van der Waals surface area contributed by atoms with Crippen LogP contribution in [-0.2, 0) is 4.74 Å². The molecule has 4 nitrogen and oxygen atoms in total. The summed E-state index contributed by atoms with van der Waals surface area (Å²) in [6.45, 7) is 13.2. The molecular formula is C13H26N2O2. The van der Waals surface area contributed by atoms with Crippen molar-refractivity contribution in [3.8, 4) is 0 Å². The lowest BCUT2D eigenvalue weighted by Crippen LogP contribution is -2.38. The topological polar surface area (TPSA) is 50.4 Å². The molecule has 1 saturated carbocycles. The molecule has 2 unspecified atom stereocenters. The Bertz CT molecular complexity index is 276. The fourth-order valence-electron chi connectivity index (χ4n) is 1.48. The number of ether oxygens (including phenoxy) is 1. The second-order valence-corrected chi connectivity index (χ2v) is 7.04. The number of hydrogen-bond donors (Lipinski definition) is 2. The van der Waals surface area contributed by atoms with E-state index in [1.807, 2.05) is 20.8 Å². The maximum atomic E-state index is 11.5. The number of rotatable bonds is 3. The predicted molar refractivity (Wildman–Crippen MR) is 69.0 cm³/mol. The minimum atomic E-state index is -0.423. The quantitative estimate of drug-likeness (QED) is 0.798. The fraction of sp³-hybridized carbons (Fsp3) is 0.923. The van der Waals surface area contributed by atoms with E-state index in [2.05, 4.69) is 31.4 Å². The van der Waals surface area contributed by atoms with Gasteiger partial charge < -0.3 is 15.4 Å². The van der Waals surface area contributed by atoms with Gasteiger partial charge in [-0.1, -0.05) is 20.8 Å². The standard InChI is InChI=1S/C13H26N2O2/c1-12(2,3)8-14-9-7-10(9)15-11(16)17-13(4,5)6/h9-10,14H,7-8H2,1-6H3,(H,15,16). The summed E-state index contributed by atoms with van der Waals surface area (Å²) in [5.41, 5.74) is -0.146. The third-order valence-corrected chi connectivity index (χ3v) is 2.39. The van der Waals surface area contributed by atoms with Gasteiger partial charge in [-0.3, -0.25) is 0 Å². The van der Waals surface area contributed by atoms with Crippen LogP contribution >= 0.6 is 0 Å². The minimum Gasteiger partial charge on any atom is -0.444 e. The van der Waals surface area contributed by atoms with Gasteiger partial charge in [-0.25, -0.2) is 4.79 Å². The van der Waals surface area contributed by atoms with Gasteiger partial charge in [-0.2, -0.15) is 0 Å². The minimum absolute atomic E-state index is 0.229. The Kier molecular flexibility index (Phi) is 4.07. The van der Waals surface area contributed by atoms with E-state index in [1.165, 1.54) is 0 Å². The highest BCUT2D eigenvalue weighted by Crippen LogP contribution is 2.23. The molecule has 4 heteroatoms. The largest absolute Gasteiger partial charge is 0.444 e. The number of nitrogens with one attached hydrogen (secondary N) is 2. The number of carbonyl (C=O) groups excluding carboxylic acids is 1. The van der Waals surface area contributed by atoms with Crippen LogP contribution in [-0.4, -0.2) is 30.3 Å². The van der Waals surface area contributed by atoms with Crippen molar-refractivity contribution in [1.82, 2.24) is 10.6 Å². The van der Waals surface area contributed by atoms with E-state index < -0.39 is 5.60 Å². The van der Waals surface area contributed by atoms with Crippen molar-refractivity contribution in [2.24, 2.45) is 5.41 Å². The summed E-state index contributed by atoms with van der Waals surface area (Å²) >= 11 is 0. The molecule has 0 aliphatic heterocycles. The maximum Gasteiger partial charge on any atom is 0.407 e. The maximum absolute atomic E-state index is 11.5. The molecule has 1 fully saturated rings. The van der Waals surface area contributed by atoms with Crippen LogP contribution in [0.5, 0.6) is 0 Å². The lowest BCUT2D eigenvalue weighted by atomic mass is 9.97. The van der Waals surface area contributed by atoms with Gasteiger partial charge in [0.15, 0.2) is 0 Å². The highest BCUT2D eigenvalue weighted by molar-refractivity contribution is 5.68. The molecule has 1 aliphatic rings. The van der Waals surface area contributed by atoms with Crippen molar-refractivity contribution < 1.29 is 9.53 Å². The van der Waals surface area contributed by atoms with Crippen LogP contribution in [0.25, 0.3) is 0 Å². The summed E-state index contributed by atoms with van der Waals surface area (Å²) < 4.78 is 5.20. The lowest BCUT2D eigenvalue weighted by molar-refractivity contribution is 0.0522. The third kappa shape index (κ3) is 6.51. The second kappa shape index (κ2) is 4.84. The summed E-state index contributed by atoms with van der Waals surface area (Å²) in [6, 6.07) is 0.633. The number of amides is 1. The first-order valence-corrected chi connectivity index (χ1v) is 6.30. The van der Waals surface area contributed by atoms with Gasteiger partial charge in [-0.15, -0.1) is 0 Å². The summed E-state index contributed by atoms with van der Waals surface area (Å²) in [5.74, 6) is 0. The Labute approximate surface area is 104 Å². The molecule has 0 heterocycles. The van der Waals surface area contributed by atoms with Crippen molar-refractivity contribution in [3.05, 3.63) is 0 Å². The molecule has 2 atom stereocenters. The number of alkyl carbamates (subject to hydrolysis) is 1. The van der Waals surface area contributed by atoms with Crippen LogP contribution in [0.2, 0.25) is 0 Å². The molecule has 1 rings (SSSR count). The average molecular weight is 242 g/mol. The van der Waals surface area contributed by atoms with Crippen LogP contribution in [0, 0.1) is 5.41 Å². The molecule has 0 aromatic carbocycles. The molecular weight excluding hydrogens is 216 g/mol. The molecule has 0 radical (unpaired) electrons. The van der Waals surface area contributed by atoms with Crippen molar-refractivity contribution in [2.75, 3.05) is 6.54 Å². The zero-order valence-corrected chi connectivity index (χ0v) is 11.9. The zero-order chi connectivity index (χ0) is 13.3. The summed E-state index contributed by atoms with van der Waals surface area (Å²) in [6.07, 6.45) is 0.678. The van der Waals surface area contributed by atoms with Gasteiger partial charge in [0.25, 0.3) is 0 Å². The van der Waals surface area contributed by atoms with E-state index in [4.69, 9.17) is 4.74 Å². The molecule has 2 N–H and O–H groups in total. The average Bonchev–Trinajstić information content (AvgIpc) is 2.74. The van der Waals surface area contributed by atoms with Crippen LogP contribution in [0.15, 0.2) is 0 Å². The molecule has 1 aliphatic carbocycles. The van der Waals surface area contributed by atoms with E-state index in [-0.39, 0.29) is 17.6 Å². The fourth-order valence-corrected chi connectivity index (χ4v) is 1.48. The first-order chi connectivity index (χ1) is 7.57. The van der Waals surface area contributed by atoms with Crippen LogP contribution in [0.4, 0.5) is 4.79 Å². The Hall–Kier alpha value is -0.770. The van der Waals surface area contributed by atoms with Crippen molar-refractivity contribution in [2.45, 2.75) is 65.6 Å². The Balaban J connectivity index is 2.18. The molecule has 0 saturated heterocycles. The van der Waals surface area contributed by atoms with Gasteiger partial charge >= 0.3 is 6.09 Å². The zero-order valence-electron chi connectivity index (χ0n) is 11.9. The van der Waals surface area contributed by atoms with Crippen LogP contribution < -0.4 is 10.6 Å². The Morgan fingerprint density at radius 3 is 2.24 bits per heavy atom. The second-order valence-electron chi connectivity index (χ2n) is 7.04. The highest BCUT2D eigenvalue weighted by atomic mass is 16.6. The summed E-state index contributed by atoms with van der Waals surface area (Å²) in [5, 5.41) is 6.32. The molecule has 0 aromatic heterocycles. The molecule has 17 heavy (non-hydrogen) atoms. The van der Waals surface area contributed by atoms with E-state index in [9.17, 15) is 4.79 Å². The Morgan fingerprint density at radius 2 is 1.76 bits per heavy atom. The molecule has 0 bridgehead atoms. The molecule has 0 aromatic rings. The first-order valence-electron chi connectivity index (χ1n) is 6.30. The number of carbonyl (C=O) groups is 1. The van der Waals surface area contributed by atoms with Gasteiger partial charge in [-0.05, 0) is 32.6 Å². The molecule has 100 valence electrons. The molecule has 1 amide bonds. The SMILES string of the molecule is CC(C)(C)CNC1CC1NC(=O)OC(C)(C)C. The summed E-state index contributed by atoms with van der Waals surface area (Å²) in [4.78, 5) is 11.5. The lowest BCUT2D eigenvalue weighted by Gasteiger charge is -2.20. The predicted octanol–water partition coefficient (Wildman–Crippen LogP) is 2.29. The van der Waals surface area contributed by atoms with Crippen LogP contribution in [0.3, 0.4) is 0 Å². The van der Waals surface area contributed by atoms with Crippen molar-refractivity contribution in [3.63, 3.8) is 0 Å². The van der Waals surface area contributed by atoms with Crippen LogP contribution in [0.1, 0.15) is 48.0 Å². The van der Waals surface area contributed by atoms with E-state index in [1.54, 1.807) is 0 Å². The van der Waals surface area contributed by atoms with E-state index in [0.29, 0.717) is 6.04 Å². The van der Waals surface area contributed by atoms with Gasteiger partial charge in [0.05, 0.1) is 0 Å². The van der Waals surface area contributed by atoms with Crippen molar-refractivity contribution in [1.29, 1.82) is 0 Å². The monoisotopic (exact) mass is 242 g/mol. The first kappa shape index (κ1) is 14.3. The smallest absolute Gasteiger partial charge is 0.407 e. The highest BCUT2D eigenvalue weighted by Gasteiger charge is 2.39.